The van der Waals surface area contributed by atoms with E-state index in [0.717, 1.165) is 0 Å². The first-order chi connectivity index (χ1) is 10.5. The number of carbonyl (C=O) groups is 1. The van der Waals surface area contributed by atoms with Gasteiger partial charge in [-0.3, -0.25) is 0 Å². The van der Waals surface area contributed by atoms with Crippen LogP contribution in [-0.2, 0) is 4.74 Å². The van der Waals surface area contributed by atoms with Gasteiger partial charge in [0.1, 0.15) is 23.2 Å². The third-order valence-corrected chi connectivity index (χ3v) is 2.86. The van der Waals surface area contributed by atoms with Gasteiger partial charge in [0.2, 0.25) is 0 Å². The molecule has 1 aromatic carbocycles. The van der Waals surface area contributed by atoms with Crippen LogP contribution in [0, 0.1) is 0 Å². The summed E-state index contributed by atoms with van der Waals surface area (Å²) < 4.78 is 50.7. The molecule has 0 atom stereocenters. The number of likely N-dealkylation sites (tertiary alicyclic amines) is 1. The van der Waals surface area contributed by atoms with Gasteiger partial charge >= 0.3 is 12.5 Å². The molecule has 0 aliphatic carbocycles. The number of amides is 1. The van der Waals surface area contributed by atoms with Crippen LogP contribution < -0.4 is 9.47 Å². The maximum atomic E-state index is 12.0. The van der Waals surface area contributed by atoms with E-state index in [1.54, 1.807) is 20.8 Å². The molecule has 1 aliphatic heterocycles. The highest BCUT2D eigenvalue weighted by molar-refractivity contribution is 5.69. The van der Waals surface area contributed by atoms with E-state index in [1.165, 1.54) is 29.2 Å². The maximum Gasteiger partial charge on any atom is 0.573 e. The molecule has 0 spiro atoms. The van der Waals surface area contributed by atoms with Crippen molar-refractivity contribution < 1.29 is 32.2 Å². The van der Waals surface area contributed by atoms with E-state index in [1.807, 2.05) is 0 Å². The molecule has 0 aromatic heterocycles. The second-order valence-electron chi connectivity index (χ2n) is 6.14. The normalized spacial score (nSPS) is 15.8. The third kappa shape index (κ3) is 5.54. The molecule has 0 radical (unpaired) electrons. The molecule has 1 heterocycles. The largest absolute Gasteiger partial charge is 0.573 e. The zero-order valence-corrected chi connectivity index (χ0v) is 13.0. The molecule has 0 saturated carbocycles. The maximum absolute atomic E-state index is 12.0. The quantitative estimate of drug-likeness (QED) is 0.848. The van der Waals surface area contributed by atoms with Crippen molar-refractivity contribution in [1.82, 2.24) is 4.90 Å². The van der Waals surface area contributed by atoms with Gasteiger partial charge in [-0.15, -0.1) is 13.2 Å². The van der Waals surface area contributed by atoms with Crippen molar-refractivity contribution >= 4 is 6.09 Å². The number of rotatable bonds is 3. The number of halogens is 3. The predicted octanol–water partition coefficient (Wildman–Crippen LogP) is 3.58. The van der Waals surface area contributed by atoms with Gasteiger partial charge < -0.3 is 19.1 Å². The van der Waals surface area contributed by atoms with E-state index in [4.69, 9.17) is 9.47 Å². The lowest BCUT2D eigenvalue weighted by Gasteiger charge is -2.39. The Morgan fingerprint density at radius 1 is 1.09 bits per heavy atom. The molecule has 128 valence electrons. The number of ether oxygens (including phenoxy) is 3. The highest BCUT2D eigenvalue weighted by atomic mass is 19.4. The first-order valence-electron chi connectivity index (χ1n) is 7.02. The van der Waals surface area contributed by atoms with Gasteiger partial charge in [0.15, 0.2) is 0 Å². The van der Waals surface area contributed by atoms with Gasteiger partial charge in [0.25, 0.3) is 0 Å². The van der Waals surface area contributed by atoms with Crippen LogP contribution in [0.1, 0.15) is 20.8 Å². The van der Waals surface area contributed by atoms with Crippen LogP contribution in [0.4, 0.5) is 18.0 Å². The summed E-state index contributed by atoms with van der Waals surface area (Å²) in [6.45, 7) is 6.08. The van der Waals surface area contributed by atoms with E-state index in [9.17, 15) is 18.0 Å². The Kier molecular flexibility index (Phi) is 4.63. The SMILES string of the molecule is CC(C)(C)OC(=O)N1CC(Oc2ccc(OC(F)(F)F)cc2)C1. The highest BCUT2D eigenvalue weighted by Crippen LogP contribution is 2.26. The van der Waals surface area contributed by atoms with Gasteiger partial charge in [0, 0.05) is 0 Å². The second kappa shape index (κ2) is 6.17. The number of hydrogen-bond acceptors (Lipinski definition) is 4. The lowest BCUT2D eigenvalue weighted by molar-refractivity contribution is -0.274. The van der Waals surface area contributed by atoms with Gasteiger partial charge in [-0.05, 0) is 45.0 Å². The Balaban J connectivity index is 1.78. The molecule has 23 heavy (non-hydrogen) atoms. The average molecular weight is 333 g/mol. The van der Waals surface area contributed by atoms with Crippen LogP contribution in [0.25, 0.3) is 0 Å². The van der Waals surface area contributed by atoms with Crippen LogP contribution >= 0.6 is 0 Å². The van der Waals surface area contributed by atoms with E-state index < -0.39 is 18.1 Å². The minimum atomic E-state index is -4.72. The van der Waals surface area contributed by atoms with E-state index in [0.29, 0.717) is 18.8 Å². The number of alkyl halides is 3. The number of hydrogen-bond donors (Lipinski definition) is 0. The summed E-state index contributed by atoms with van der Waals surface area (Å²) in [6, 6.07) is 5.12. The van der Waals surface area contributed by atoms with Crippen LogP contribution in [0.5, 0.6) is 11.5 Å². The molecule has 5 nitrogen and oxygen atoms in total. The fourth-order valence-corrected chi connectivity index (χ4v) is 1.90. The summed E-state index contributed by atoms with van der Waals surface area (Å²) in [6.07, 6.45) is -5.34. The van der Waals surface area contributed by atoms with Crippen molar-refractivity contribution in [3.63, 3.8) is 0 Å². The van der Waals surface area contributed by atoms with Crippen LogP contribution in [-0.4, -0.2) is 42.2 Å². The van der Waals surface area contributed by atoms with Crippen molar-refractivity contribution in [2.75, 3.05) is 13.1 Å². The summed E-state index contributed by atoms with van der Waals surface area (Å²) in [5, 5.41) is 0. The van der Waals surface area contributed by atoms with Crippen molar-refractivity contribution in [3.8, 4) is 11.5 Å². The minimum Gasteiger partial charge on any atom is -0.487 e. The Bertz CT molecular complexity index is 545. The molecule has 0 N–H and O–H groups in total. The number of benzene rings is 1. The predicted molar refractivity (Wildman–Crippen MR) is 75.3 cm³/mol. The summed E-state index contributed by atoms with van der Waals surface area (Å²) in [5.74, 6) is 0.0993. The molecule has 2 rings (SSSR count). The lowest BCUT2D eigenvalue weighted by Crippen LogP contribution is -2.57. The monoisotopic (exact) mass is 333 g/mol. The first kappa shape index (κ1) is 17.2. The molecule has 1 saturated heterocycles. The zero-order chi connectivity index (χ0) is 17.3. The van der Waals surface area contributed by atoms with Crippen molar-refractivity contribution in [3.05, 3.63) is 24.3 Å². The molecule has 0 bridgehead atoms. The first-order valence-corrected chi connectivity index (χ1v) is 7.02. The average Bonchev–Trinajstić information content (AvgIpc) is 2.31. The highest BCUT2D eigenvalue weighted by Gasteiger charge is 2.35. The summed E-state index contributed by atoms with van der Waals surface area (Å²) in [4.78, 5) is 13.2. The summed E-state index contributed by atoms with van der Waals surface area (Å²) >= 11 is 0. The Hall–Kier alpha value is -2.12. The fourth-order valence-electron chi connectivity index (χ4n) is 1.90. The lowest BCUT2D eigenvalue weighted by atomic mass is 10.1. The van der Waals surface area contributed by atoms with Crippen molar-refractivity contribution in [2.24, 2.45) is 0 Å². The van der Waals surface area contributed by atoms with E-state index in [-0.39, 0.29) is 11.9 Å². The minimum absolute atomic E-state index is 0.211. The molecule has 1 fully saturated rings. The van der Waals surface area contributed by atoms with Crippen LogP contribution in [0.3, 0.4) is 0 Å². The molecule has 1 amide bonds. The van der Waals surface area contributed by atoms with Crippen molar-refractivity contribution in [2.45, 2.75) is 38.8 Å². The van der Waals surface area contributed by atoms with E-state index >= 15 is 0 Å². The van der Waals surface area contributed by atoms with Crippen molar-refractivity contribution in [1.29, 1.82) is 0 Å². The smallest absolute Gasteiger partial charge is 0.487 e. The summed E-state index contributed by atoms with van der Waals surface area (Å²) in [7, 11) is 0. The van der Waals surface area contributed by atoms with Crippen LogP contribution in [0.2, 0.25) is 0 Å². The van der Waals surface area contributed by atoms with Crippen LogP contribution in [0.15, 0.2) is 24.3 Å². The molecule has 1 aliphatic rings. The number of carbonyl (C=O) groups excluding carboxylic acids is 1. The molecule has 0 unspecified atom stereocenters. The molecular weight excluding hydrogens is 315 g/mol. The number of nitrogens with zero attached hydrogens (tertiary/aromatic N) is 1. The molecule has 8 heteroatoms. The fraction of sp³-hybridized carbons (Fsp3) is 0.533. The Labute approximate surface area is 131 Å². The van der Waals surface area contributed by atoms with E-state index in [2.05, 4.69) is 4.74 Å². The Morgan fingerprint density at radius 2 is 1.61 bits per heavy atom. The third-order valence-electron chi connectivity index (χ3n) is 2.86. The van der Waals surface area contributed by atoms with Gasteiger partial charge in [-0.25, -0.2) is 4.79 Å². The Morgan fingerprint density at radius 3 is 2.09 bits per heavy atom. The summed E-state index contributed by atoms with van der Waals surface area (Å²) in [5.41, 5.74) is -0.558. The molecule has 1 aromatic rings. The second-order valence-corrected chi connectivity index (χ2v) is 6.14. The standard InChI is InChI=1S/C15H18F3NO4/c1-14(2,3)23-13(20)19-8-12(9-19)21-10-4-6-11(7-5-10)22-15(16,17)18/h4-7,12H,8-9H2,1-3H3. The van der Waals surface area contributed by atoms with Gasteiger partial charge in [-0.1, -0.05) is 0 Å². The molecular formula is C15H18F3NO4. The topological polar surface area (TPSA) is 48.0 Å². The zero-order valence-electron chi connectivity index (χ0n) is 13.0. The van der Waals surface area contributed by atoms with Gasteiger partial charge in [-0.2, -0.15) is 0 Å². The van der Waals surface area contributed by atoms with Gasteiger partial charge in [0.05, 0.1) is 13.1 Å².